The monoisotopic (exact) mass is 317 g/mol. The van der Waals surface area contributed by atoms with Gasteiger partial charge in [-0.3, -0.25) is 5.32 Å². The lowest BCUT2D eigenvalue weighted by Gasteiger charge is -2.13. The molecule has 112 valence electrons. The van der Waals surface area contributed by atoms with Gasteiger partial charge in [-0.1, -0.05) is 12.1 Å². The summed E-state index contributed by atoms with van der Waals surface area (Å²) in [5, 5.41) is 2.47. The van der Waals surface area contributed by atoms with Crippen LogP contribution in [0.5, 0.6) is 0 Å². The lowest BCUT2D eigenvalue weighted by atomic mass is 10.0. The Hall–Kier alpha value is -0.590. The van der Waals surface area contributed by atoms with Crippen LogP contribution >= 0.6 is 12.6 Å². The Kier molecular flexibility index (Phi) is 5.09. The molecule has 3 atom stereocenters. The first-order valence-corrected chi connectivity index (χ1v) is 9.21. The van der Waals surface area contributed by atoms with Gasteiger partial charge in [0.1, 0.15) is 11.2 Å². The molecule has 1 heterocycles. The van der Waals surface area contributed by atoms with Gasteiger partial charge in [0.2, 0.25) is 0 Å². The third kappa shape index (κ3) is 4.20. The quantitative estimate of drug-likeness (QED) is 0.818. The second-order valence-corrected chi connectivity index (χ2v) is 8.27. The number of thiol groups is 1. The Morgan fingerprint density at radius 2 is 2.00 bits per heavy atom. The number of benzene rings is 1. The smallest absolute Gasteiger partial charge is 0.164 e. The van der Waals surface area contributed by atoms with E-state index in [0.29, 0.717) is 0 Å². The summed E-state index contributed by atoms with van der Waals surface area (Å²) in [5.74, 6) is -0.222. The first-order valence-electron chi connectivity index (χ1n) is 6.73. The van der Waals surface area contributed by atoms with E-state index in [1.54, 1.807) is 12.1 Å². The molecule has 1 aliphatic rings. The summed E-state index contributed by atoms with van der Waals surface area (Å²) in [6.45, 7) is 0. The normalized spacial score (nSPS) is 26.9. The molecule has 2 rings (SSSR count). The molecule has 0 bridgehead atoms. The minimum absolute atomic E-state index is 0.138. The number of rotatable bonds is 5. The number of sulfone groups is 1. The molecule has 1 saturated heterocycles. The average molecular weight is 317 g/mol. The van der Waals surface area contributed by atoms with Crippen molar-refractivity contribution >= 4 is 22.5 Å². The summed E-state index contributed by atoms with van der Waals surface area (Å²) in [4.78, 5) is 0. The topological polar surface area (TPSA) is 46.2 Å². The van der Waals surface area contributed by atoms with Crippen LogP contribution in [0, 0.1) is 5.82 Å². The molecule has 0 aromatic heterocycles. The molecule has 2 unspecified atom stereocenters. The molecule has 1 aromatic rings. The highest BCUT2D eigenvalue weighted by Crippen LogP contribution is 2.25. The van der Waals surface area contributed by atoms with Gasteiger partial charge in [-0.2, -0.15) is 12.6 Å². The molecule has 1 N–H and O–H groups in total. The molecule has 0 spiro atoms. The van der Waals surface area contributed by atoms with E-state index in [0.717, 1.165) is 31.2 Å². The van der Waals surface area contributed by atoms with Gasteiger partial charge < -0.3 is 0 Å². The van der Waals surface area contributed by atoms with Gasteiger partial charge >= 0.3 is 0 Å². The lowest BCUT2D eigenvalue weighted by Crippen LogP contribution is -2.38. The maximum Gasteiger partial charge on any atom is 0.164 e. The minimum Gasteiger partial charge on any atom is -0.297 e. The minimum atomic E-state index is -3.10. The van der Waals surface area contributed by atoms with Gasteiger partial charge in [-0.15, -0.1) is 0 Å². The molecule has 0 saturated carbocycles. The van der Waals surface area contributed by atoms with Gasteiger partial charge in [-0.25, -0.2) is 12.8 Å². The molecule has 20 heavy (non-hydrogen) atoms. The Labute approximate surface area is 125 Å². The van der Waals surface area contributed by atoms with E-state index in [2.05, 4.69) is 17.9 Å². The molecular formula is C14H20FNO2S2. The summed E-state index contributed by atoms with van der Waals surface area (Å²) < 4.78 is 35.9. The van der Waals surface area contributed by atoms with E-state index < -0.39 is 15.2 Å². The van der Waals surface area contributed by atoms with Gasteiger partial charge in [0, 0.05) is 17.5 Å². The van der Waals surface area contributed by atoms with Crippen molar-refractivity contribution in [2.24, 2.45) is 0 Å². The van der Waals surface area contributed by atoms with Gasteiger partial charge in [0.25, 0.3) is 0 Å². The molecule has 1 fully saturated rings. The predicted octanol–water partition coefficient (Wildman–Crippen LogP) is 2.18. The summed E-state index contributed by atoms with van der Waals surface area (Å²) in [6, 6.07) is 6.70. The molecule has 0 amide bonds. The Morgan fingerprint density at radius 3 is 2.55 bits per heavy atom. The van der Waals surface area contributed by atoms with Crippen LogP contribution in [-0.2, 0) is 16.3 Å². The van der Waals surface area contributed by atoms with Crippen molar-refractivity contribution in [3.63, 3.8) is 0 Å². The third-order valence-electron chi connectivity index (χ3n) is 3.67. The first kappa shape index (κ1) is 15.8. The first-order chi connectivity index (χ1) is 9.36. The number of hydrogen-bond acceptors (Lipinski definition) is 4. The van der Waals surface area contributed by atoms with Crippen LogP contribution in [-0.4, -0.2) is 31.3 Å². The second-order valence-electron chi connectivity index (χ2n) is 5.44. The van der Waals surface area contributed by atoms with Crippen molar-refractivity contribution in [1.82, 2.24) is 5.32 Å². The zero-order valence-corrected chi connectivity index (χ0v) is 13.1. The second kappa shape index (κ2) is 6.45. The van der Waals surface area contributed by atoms with Crippen LogP contribution in [0.4, 0.5) is 4.39 Å². The fraction of sp³-hybridized carbons (Fsp3) is 0.571. The Bertz CT molecular complexity index is 545. The van der Waals surface area contributed by atoms with E-state index in [9.17, 15) is 12.8 Å². The highest BCUT2D eigenvalue weighted by atomic mass is 32.2. The van der Waals surface area contributed by atoms with Crippen LogP contribution in [0.2, 0.25) is 0 Å². The molecule has 1 aromatic carbocycles. The predicted molar refractivity (Wildman–Crippen MR) is 82.3 cm³/mol. The maximum atomic E-state index is 12.8. The van der Waals surface area contributed by atoms with Crippen LogP contribution in [0.3, 0.4) is 0 Å². The van der Waals surface area contributed by atoms with Crippen LogP contribution in [0.1, 0.15) is 24.8 Å². The Balaban J connectivity index is 1.80. The largest absolute Gasteiger partial charge is 0.297 e. The number of nitrogens with one attached hydrogen (secondary N) is 1. The van der Waals surface area contributed by atoms with E-state index in [4.69, 9.17) is 0 Å². The maximum absolute atomic E-state index is 12.8. The third-order valence-corrected chi connectivity index (χ3v) is 5.77. The van der Waals surface area contributed by atoms with Crippen LogP contribution < -0.4 is 5.32 Å². The number of halogens is 1. The van der Waals surface area contributed by atoms with Crippen LogP contribution in [0.25, 0.3) is 0 Å². The van der Waals surface area contributed by atoms with Gasteiger partial charge in [0.15, 0.2) is 9.84 Å². The lowest BCUT2D eigenvalue weighted by molar-refractivity contribution is 0.519. The fourth-order valence-corrected chi connectivity index (χ4v) is 4.77. The van der Waals surface area contributed by atoms with Crippen molar-refractivity contribution in [3.8, 4) is 0 Å². The van der Waals surface area contributed by atoms with Crippen molar-refractivity contribution < 1.29 is 12.8 Å². The van der Waals surface area contributed by atoms with Gasteiger partial charge in [0.05, 0.1) is 0 Å². The van der Waals surface area contributed by atoms with E-state index in [-0.39, 0.29) is 17.1 Å². The van der Waals surface area contributed by atoms with Crippen molar-refractivity contribution in [1.29, 1.82) is 0 Å². The Morgan fingerprint density at radius 1 is 1.35 bits per heavy atom. The SMILES string of the molecule is CS(=O)(=O)[C@H]1NC(CCCc2ccc(F)cc2)CC1S. The molecule has 0 aliphatic carbocycles. The zero-order valence-electron chi connectivity index (χ0n) is 11.4. The standard InChI is InChI=1S/C14H20FNO2S2/c1-20(17,18)14-13(19)9-12(16-14)4-2-3-10-5-7-11(15)8-6-10/h5-8,12-14,16,19H,2-4,9H2,1H3/t12?,13?,14-/m1/s1. The molecule has 3 nitrogen and oxygen atoms in total. The highest BCUT2D eigenvalue weighted by molar-refractivity contribution is 7.92. The summed E-state index contributed by atoms with van der Waals surface area (Å²) >= 11 is 4.36. The number of aryl methyl sites for hydroxylation is 1. The molecular weight excluding hydrogens is 297 g/mol. The van der Waals surface area contributed by atoms with Crippen LogP contribution in [0.15, 0.2) is 24.3 Å². The fourth-order valence-electron chi connectivity index (χ4n) is 2.64. The van der Waals surface area contributed by atoms with E-state index in [1.807, 2.05) is 0 Å². The average Bonchev–Trinajstić information content (AvgIpc) is 2.73. The summed E-state index contributed by atoms with van der Waals surface area (Å²) in [6.07, 6.45) is 4.74. The molecule has 6 heteroatoms. The zero-order chi connectivity index (χ0) is 14.8. The molecule has 0 radical (unpaired) electrons. The molecule has 1 aliphatic heterocycles. The van der Waals surface area contributed by atoms with E-state index in [1.165, 1.54) is 18.4 Å². The summed E-state index contributed by atoms with van der Waals surface area (Å²) in [5.41, 5.74) is 1.10. The van der Waals surface area contributed by atoms with Crippen molar-refractivity contribution in [3.05, 3.63) is 35.6 Å². The van der Waals surface area contributed by atoms with E-state index >= 15 is 0 Å². The van der Waals surface area contributed by atoms with Crippen molar-refractivity contribution in [2.45, 2.75) is 42.3 Å². The summed E-state index contributed by atoms with van der Waals surface area (Å²) in [7, 11) is -3.10. The van der Waals surface area contributed by atoms with Gasteiger partial charge in [-0.05, 0) is 43.4 Å². The number of hydrogen-bond donors (Lipinski definition) is 2. The van der Waals surface area contributed by atoms with Crippen molar-refractivity contribution in [2.75, 3.05) is 6.26 Å². The highest BCUT2D eigenvalue weighted by Gasteiger charge is 2.37.